The zero-order chi connectivity index (χ0) is 8.91. The number of hydrogen-bond acceptors (Lipinski definition) is 2. The SMILES string of the molecule is CC.CNC(=O)C1(C#N)CC1. The van der Waals surface area contributed by atoms with Crippen LogP contribution in [0.3, 0.4) is 0 Å². The van der Waals surface area contributed by atoms with Crippen LogP contribution in [-0.4, -0.2) is 13.0 Å². The number of nitriles is 1. The van der Waals surface area contributed by atoms with Crippen LogP contribution in [0.15, 0.2) is 0 Å². The maximum absolute atomic E-state index is 10.8. The number of amides is 1. The van der Waals surface area contributed by atoms with Crippen molar-refractivity contribution in [2.45, 2.75) is 26.7 Å². The van der Waals surface area contributed by atoms with Crippen molar-refractivity contribution in [3.63, 3.8) is 0 Å². The summed E-state index contributed by atoms with van der Waals surface area (Å²) in [4.78, 5) is 10.8. The van der Waals surface area contributed by atoms with Crippen LogP contribution >= 0.6 is 0 Å². The number of nitrogens with zero attached hydrogens (tertiary/aromatic N) is 1. The molecule has 0 bridgehead atoms. The lowest BCUT2D eigenvalue weighted by Crippen LogP contribution is -2.27. The Morgan fingerprint density at radius 3 is 2.09 bits per heavy atom. The molecule has 0 aromatic rings. The Morgan fingerprint density at radius 1 is 1.55 bits per heavy atom. The van der Waals surface area contributed by atoms with Crippen LogP contribution in [0.4, 0.5) is 0 Å². The molecule has 0 saturated heterocycles. The van der Waals surface area contributed by atoms with E-state index in [4.69, 9.17) is 5.26 Å². The summed E-state index contributed by atoms with van der Waals surface area (Å²) >= 11 is 0. The molecule has 0 radical (unpaired) electrons. The van der Waals surface area contributed by atoms with Gasteiger partial charge in [0.2, 0.25) is 5.91 Å². The summed E-state index contributed by atoms with van der Waals surface area (Å²) in [6.45, 7) is 4.00. The first kappa shape index (κ1) is 9.96. The van der Waals surface area contributed by atoms with Crippen LogP contribution in [0, 0.1) is 16.7 Å². The third-order valence-corrected chi connectivity index (χ3v) is 1.63. The number of carbonyl (C=O) groups excluding carboxylic acids is 1. The second-order valence-electron chi connectivity index (χ2n) is 2.27. The highest BCUT2D eigenvalue weighted by atomic mass is 16.2. The van der Waals surface area contributed by atoms with Gasteiger partial charge in [-0.25, -0.2) is 0 Å². The molecule has 0 atom stereocenters. The summed E-state index contributed by atoms with van der Waals surface area (Å²) in [6, 6.07) is 1.99. The van der Waals surface area contributed by atoms with Crippen LogP contribution in [-0.2, 0) is 4.79 Å². The molecule has 11 heavy (non-hydrogen) atoms. The van der Waals surface area contributed by atoms with E-state index in [1.54, 1.807) is 7.05 Å². The van der Waals surface area contributed by atoms with Crippen LogP contribution in [0.25, 0.3) is 0 Å². The molecule has 1 rings (SSSR count). The van der Waals surface area contributed by atoms with Crippen molar-refractivity contribution in [3.05, 3.63) is 0 Å². The molecular weight excluding hydrogens is 140 g/mol. The number of nitrogens with one attached hydrogen (secondary N) is 1. The van der Waals surface area contributed by atoms with E-state index in [1.807, 2.05) is 19.9 Å². The molecule has 3 heteroatoms. The smallest absolute Gasteiger partial charge is 0.240 e. The highest BCUT2D eigenvalue weighted by molar-refractivity contribution is 5.87. The van der Waals surface area contributed by atoms with Gasteiger partial charge < -0.3 is 5.32 Å². The predicted molar refractivity (Wildman–Crippen MR) is 42.7 cm³/mol. The quantitative estimate of drug-likeness (QED) is 0.614. The molecule has 62 valence electrons. The molecule has 0 aromatic carbocycles. The van der Waals surface area contributed by atoms with Crippen LogP contribution in [0.2, 0.25) is 0 Å². The fourth-order valence-electron chi connectivity index (χ4n) is 0.754. The van der Waals surface area contributed by atoms with Gasteiger partial charge in [-0.15, -0.1) is 0 Å². The van der Waals surface area contributed by atoms with E-state index in [9.17, 15) is 4.79 Å². The number of rotatable bonds is 1. The Balaban J connectivity index is 0.000000461. The van der Waals surface area contributed by atoms with Crippen LogP contribution in [0.5, 0.6) is 0 Å². The van der Waals surface area contributed by atoms with Gasteiger partial charge in [0, 0.05) is 7.05 Å². The zero-order valence-corrected chi connectivity index (χ0v) is 7.27. The topological polar surface area (TPSA) is 52.9 Å². The van der Waals surface area contributed by atoms with Crippen molar-refractivity contribution in [2.75, 3.05) is 7.05 Å². The highest BCUT2D eigenvalue weighted by Crippen LogP contribution is 2.44. The van der Waals surface area contributed by atoms with Gasteiger partial charge in [-0.3, -0.25) is 4.79 Å². The molecule has 0 spiro atoms. The fourth-order valence-corrected chi connectivity index (χ4v) is 0.754. The second-order valence-corrected chi connectivity index (χ2v) is 2.27. The maximum Gasteiger partial charge on any atom is 0.240 e. The molecule has 3 nitrogen and oxygen atoms in total. The minimum atomic E-state index is -0.644. The molecular formula is C8H14N2O. The van der Waals surface area contributed by atoms with Gasteiger partial charge in [0.05, 0.1) is 6.07 Å². The molecule has 1 amide bonds. The zero-order valence-electron chi connectivity index (χ0n) is 7.27. The molecule has 1 aliphatic rings. The standard InChI is InChI=1S/C6H8N2O.C2H6/c1-8-5(9)6(4-7)2-3-6;1-2/h2-3H2,1H3,(H,8,9);1-2H3. The third-order valence-electron chi connectivity index (χ3n) is 1.63. The van der Waals surface area contributed by atoms with Gasteiger partial charge in [0.1, 0.15) is 5.41 Å². The van der Waals surface area contributed by atoms with Crippen molar-refractivity contribution in [3.8, 4) is 6.07 Å². The van der Waals surface area contributed by atoms with E-state index in [1.165, 1.54) is 0 Å². The minimum Gasteiger partial charge on any atom is -0.358 e. The van der Waals surface area contributed by atoms with E-state index in [0.717, 1.165) is 12.8 Å². The summed E-state index contributed by atoms with van der Waals surface area (Å²) in [6.07, 6.45) is 1.45. The van der Waals surface area contributed by atoms with Gasteiger partial charge in [0.25, 0.3) is 0 Å². The summed E-state index contributed by atoms with van der Waals surface area (Å²) < 4.78 is 0. The van der Waals surface area contributed by atoms with Gasteiger partial charge in [-0.2, -0.15) is 5.26 Å². The van der Waals surface area contributed by atoms with Gasteiger partial charge >= 0.3 is 0 Å². The van der Waals surface area contributed by atoms with Crippen LogP contribution < -0.4 is 5.32 Å². The lowest BCUT2D eigenvalue weighted by Gasteiger charge is -2.00. The van der Waals surface area contributed by atoms with Crippen molar-refractivity contribution < 1.29 is 4.79 Å². The lowest BCUT2D eigenvalue weighted by molar-refractivity contribution is -0.123. The molecule has 0 aromatic heterocycles. The molecule has 0 aliphatic heterocycles. The van der Waals surface area contributed by atoms with E-state index in [-0.39, 0.29) is 5.91 Å². The van der Waals surface area contributed by atoms with Crippen LogP contribution in [0.1, 0.15) is 26.7 Å². The van der Waals surface area contributed by atoms with Crippen molar-refractivity contribution in [1.29, 1.82) is 5.26 Å². The molecule has 1 fully saturated rings. The first-order valence-corrected chi connectivity index (χ1v) is 3.88. The second kappa shape index (κ2) is 3.97. The van der Waals surface area contributed by atoms with E-state index < -0.39 is 5.41 Å². The average molecular weight is 154 g/mol. The largest absolute Gasteiger partial charge is 0.358 e. The molecule has 0 heterocycles. The van der Waals surface area contributed by atoms with E-state index >= 15 is 0 Å². The van der Waals surface area contributed by atoms with Gasteiger partial charge in [-0.1, -0.05) is 13.8 Å². The Morgan fingerprint density at radius 2 is 2.00 bits per heavy atom. The monoisotopic (exact) mass is 154 g/mol. The Labute approximate surface area is 67.4 Å². The molecule has 0 unspecified atom stereocenters. The Kier molecular flexibility index (Phi) is 3.59. The van der Waals surface area contributed by atoms with Crippen molar-refractivity contribution in [1.82, 2.24) is 5.32 Å². The first-order valence-electron chi connectivity index (χ1n) is 3.88. The minimum absolute atomic E-state index is 0.134. The maximum atomic E-state index is 10.8. The number of carbonyl (C=O) groups is 1. The highest BCUT2D eigenvalue weighted by Gasteiger charge is 2.50. The third kappa shape index (κ3) is 1.94. The molecule has 1 N–H and O–H groups in total. The summed E-state index contributed by atoms with van der Waals surface area (Å²) in [7, 11) is 1.56. The lowest BCUT2D eigenvalue weighted by atomic mass is 10.1. The first-order chi connectivity index (χ1) is 5.25. The Bertz CT molecular complexity index is 177. The van der Waals surface area contributed by atoms with E-state index in [2.05, 4.69) is 5.32 Å². The van der Waals surface area contributed by atoms with Crippen molar-refractivity contribution in [2.24, 2.45) is 5.41 Å². The number of hydrogen-bond donors (Lipinski definition) is 1. The van der Waals surface area contributed by atoms with E-state index in [0.29, 0.717) is 0 Å². The molecule has 1 aliphatic carbocycles. The predicted octanol–water partition coefficient (Wildman–Crippen LogP) is 1.06. The average Bonchev–Trinajstić information content (AvgIpc) is 2.87. The summed E-state index contributed by atoms with van der Waals surface area (Å²) in [5.41, 5.74) is -0.644. The summed E-state index contributed by atoms with van der Waals surface area (Å²) in [5, 5.41) is 10.9. The Hall–Kier alpha value is -1.04. The van der Waals surface area contributed by atoms with Crippen molar-refractivity contribution >= 4 is 5.91 Å². The molecule has 1 saturated carbocycles. The summed E-state index contributed by atoms with van der Waals surface area (Å²) in [5.74, 6) is -0.134. The van der Waals surface area contributed by atoms with Gasteiger partial charge in [-0.05, 0) is 12.8 Å². The normalized spacial score (nSPS) is 16.9. The van der Waals surface area contributed by atoms with Gasteiger partial charge in [0.15, 0.2) is 0 Å². The fraction of sp³-hybridized carbons (Fsp3) is 0.750.